The molecule has 2 atom stereocenters. The van der Waals surface area contributed by atoms with Crippen LogP contribution in [0.4, 0.5) is 4.79 Å². The van der Waals surface area contributed by atoms with E-state index in [1.807, 2.05) is 30.3 Å². The van der Waals surface area contributed by atoms with Crippen molar-refractivity contribution in [1.29, 1.82) is 5.26 Å². The van der Waals surface area contributed by atoms with E-state index in [0.29, 0.717) is 17.1 Å². The molecule has 2 N–H and O–H groups in total. The van der Waals surface area contributed by atoms with Crippen LogP contribution in [0.25, 0.3) is 0 Å². The first-order valence-corrected chi connectivity index (χ1v) is 8.33. The first kappa shape index (κ1) is 20.1. The Kier molecular flexibility index (Phi) is 7.47. The Labute approximate surface area is 158 Å². The summed E-state index contributed by atoms with van der Waals surface area (Å²) in [6, 6.07) is 16.3. The fourth-order valence-corrected chi connectivity index (χ4v) is 2.51. The smallest absolute Gasteiger partial charge is 0.407 e. The van der Waals surface area contributed by atoms with Gasteiger partial charge in [0.2, 0.25) is 0 Å². The van der Waals surface area contributed by atoms with E-state index in [9.17, 15) is 15.2 Å². The van der Waals surface area contributed by atoms with Crippen molar-refractivity contribution in [2.75, 3.05) is 20.8 Å². The van der Waals surface area contributed by atoms with Gasteiger partial charge in [-0.15, -0.1) is 0 Å². The van der Waals surface area contributed by atoms with Crippen molar-refractivity contribution in [3.8, 4) is 17.6 Å². The largest absolute Gasteiger partial charge is 0.493 e. The molecule has 0 aliphatic carbocycles. The summed E-state index contributed by atoms with van der Waals surface area (Å²) in [6.45, 7) is 0.000318. The van der Waals surface area contributed by atoms with Gasteiger partial charge >= 0.3 is 6.09 Å². The van der Waals surface area contributed by atoms with Gasteiger partial charge in [-0.25, -0.2) is 4.79 Å². The third-order valence-corrected chi connectivity index (χ3v) is 3.96. The summed E-state index contributed by atoms with van der Waals surface area (Å²) in [6.07, 6.45) is -1.78. The zero-order valence-corrected chi connectivity index (χ0v) is 15.2. The fraction of sp³-hybridized carbons (Fsp3) is 0.300. The molecular weight excluding hydrogens is 348 g/mol. The van der Waals surface area contributed by atoms with Gasteiger partial charge in [-0.2, -0.15) is 5.26 Å². The van der Waals surface area contributed by atoms with Crippen LogP contribution in [-0.2, 0) is 11.3 Å². The third kappa shape index (κ3) is 5.62. The van der Waals surface area contributed by atoms with E-state index >= 15 is 0 Å². The van der Waals surface area contributed by atoms with Gasteiger partial charge in [-0.05, 0) is 23.3 Å². The number of aliphatic hydroxyl groups excluding tert-OH is 1. The Hall–Kier alpha value is -3.24. The summed E-state index contributed by atoms with van der Waals surface area (Å²) >= 11 is 0. The Morgan fingerprint density at radius 1 is 1.15 bits per heavy atom. The van der Waals surface area contributed by atoms with E-state index in [2.05, 4.69) is 11.4 Å². The number of benzene rings is 2. The van der Waals surface area contributed by atoms with Gasteiger partial charge in [0.15, 0.2) is 11.5 Å². The second kappa shape index (κ2) is 10.0. The molecule has 0 aliphatic heterocycles. The minimum absolute atomic E-state index is 0.125. The lowest BCUT2D eigenvalue weighted by atomic mass is 9.94. The van der Waals surface area contributed by atoms with E-state index in [-0.39, 0.29) is 13.2 Å². The van der Waals surface area contributed by atoms with Crippen LogP contribution in [-0.4, -0.2) is 38.1 Å². The summed E-state index contributed by atoms with van der Waals surface area (Å²) < 4.78 is 15.5. The van der Waals surface area contributed by atoms with Gasteiger partial charge in [-0.3, -0.25) is 0 Å². The van der Waals surface area contributed by atoms with E-state index < -0.39 is 18.1 Å². The van der Waals surface area contributed by atoms with Crippen LogP contribution in [0.15, 0.2) is 48.5 Å². The molecule has 0 aliphatic rings. The molecule has 0 saturated carbocycles. The second-order valence-electron chi connectivity index (χ2n) is 5.73. The zero-order valence-electron chi connectivity index (χ0n) is 15.2. The van der Waals surface area contributed by atoms with E-state index in [4.69, 9.17) is 14.2 Å². The van der Waals surface area contributed by atoms with Crippen molar-refractivity contribution in [2.24, 2.45) is 0 Å². The van der Waals surface area contributed by atoms with Gasteiger partial charge in [-0.1, -0.05) is 36.4 Å². The van der Waals surface area contributed by atoms with Crippen LogP contribution in [0.1, 0.15) is 17.0 Å². The molecule has 27 heavy (non-hydrogen) atoms. The quantitative estimate of drug-likeness (QED) is 0.741. The first-order chi connectivity index (χ1) is 13.1. The molecular formula is C20H22N2O5. The number of hydrogen-bond acceptors (Lipinski definition) is 6. The minimum Gasteiger partial charge on any atom is -0.493 e. The highest BCUT2D eigenvalue weighted by atomic mass is 16.5. The third-order valence-electron chi connectivity index (χ3n) is 3.96. The Morgan fingerprint density at radius 3 is 2.48 bits per heavy atom. The highest BCUT2D eigenvalue weighted by Crippen LogP contribution is 2.31. The van der Waals surface area contributed by atoms with Crippen molar-refractivity contribution in [3.05, 3.63) is 59.7 Å². The van der Waals surface area contributed by atoms with Gasteiger partial charge in [0.05, 0.1) is 32.3 Å². The summed E-state index contributed by atoms with van der Waals surface area (Å²) in [4.78, 5) is 11.8. The number of carbonyl (C=O) groups excluding carboxylic acids is 1. The van der Waals surface area contributed by atoms with Crippen LogP contribution in [0.3, 0.4) is 0 Å². The minimum atomic E-state index is -1.11. The summed E-state index contributed by atoms with van der Waals surface area (Å²) in [5, 5.41) is 22.2. The van der Waals surface area contributed by atoms with Crippen molar-refractivity contribution >= 4 is 6.09 Å². The average Bonchev–Trinajstić information content (AvgIpc) is 2.71. The van der Waals surface area contributed by atoms with Gasteiger partial charge in [0, 0.05) is 6.54 Å². The molecule has 2 rings (SSSR count). The SMILES string of the molecule is COc1ccc(C(C#N)C(O)CNC(=O)OCc2ccccc2)cc1OC. The normalized spacial score (nSPS) is 12.4. The standard InChI is InChI=1S/C20H22N2O5/c1-25-18-9-8-15(10-19(18)26-2)16(11-21)17(23)12-22-20(24)27-13-14-6-4-3-5-7-14/h3-10,16-17,23H,12-13H2,1-2H3,(H,22,24). The highest BCUT2D eigenvalue weighted by molar-refractivity contribution is 5.67. The zero-order chi connectivity index (χ0) is 19.6. The Morgan fingerprint density at radius 2 is 1.85 bits per heavy atom. The highest BCUT2D eigenvalue weighted by Gasteiger charge is 2.23. The Balaban J connectivity index is 1.92. The summed E-state index contributed by atoms with van der Waals surface area (Å²) in [5.74, 6) is 0.131. The van der Waals surface area contributed by atoms with Crippen LogP contribution < -0.4 is 14.8 Å². The number of methoxy groups -OCH3 is 2. The average molecular weight is 370 g/mol. The fourth-order valence-electron chi connectivity index (χ4n) is 2.51. The Bertz CT molecular complexity index is 789. The van der Waals surface area contributed by atoms with Crippen LogP contribution in [0.5, 0.6) is 11.5 Å². The molecule has 142 valence electrons. The molecule has 0 heterocycles. The molecule has 2 aromatic rings. The van der Waals surface area contributed by atoms with Gasteiger partial charge in [0.1, 0.15) is 6.61 Å². The molecule has 0 saturated heterocycles. The van der Waals surface area contributed by atoms with Gasteiger partial charge in [0.25, 0.3) is 0 Å². The number of nitriles is 1. The van der Waals surface area contributed by atoms with Crippen LogP contribution in [0, 0.1) is 11.3 Å². The van der Waals surface area contributed by atoms with Gasteiger partial charge < -0.3 is 24.6 Å². The number of ether oxygens (including phenoxy) is 3. The summed E-state index contributed by atoms with van der Waals surface area (Å²) in [5.41, 5.74) is 1.41. The van der Waals surface area contributed by atoms with E-state index in [0.717, 1.165) is 5.56 Å². The van der Waals surface area contributed by atoms with Crippen molar-refractivity contribution in [2.45, 2.75) is 18.6 Å². The predicted octanol–water partition coefficient (Wildman–Crippen LogP) is 2.60. The summed E-state index contributed by atoms with van der Waals surface area (Å²) in [7, 11) is 3.00. The lowest BCUT2D eigenvalue weighted by Crippen LogP contribution is -2.35. The topological polar surface area (TPSA) is 101 Å². The number of hydrogen-bond donors (Lipinski definition) is 2. The maximum absolute atomic E-state index is 11.8. The van der Waals surface area contributed by atoms with Crippen molar-refractivity contribution in [1.82, 2.24) is 5.32 Å². The molecule has 0 aromatic heterocycles. The molecule has 7 heteroatoms. The predicted molar refractivity (Wildman–Crippen MR) is 98.5 cm³/mol. The number of rotatable bonds is 8. The lowest BCUT2D eigenvalue weighted by molar-refractivity contribution is 0.122. The van der Waals surface area contributed by atoms with E-state index in [1.165, 1.54) is 14.2 Å². The van der Waals surface area contributed by atoms with E-state index in [1.54, 1.807) is 18.2 Å². The number of aliphatic hydroxyl groups is 1. The van der Waals surface area contributed by atoms with Crippen molar-refractivity contribution < 1.29 is 24.1 Å². The molecule has 2 unspecified atom stereocenters. The monoisotopic (exact) mass is 370 g/mol. The molecule has 7 nitrogen and oxygen atoms in total. The number of nitrogens with zero attached hydrogens (tertiary/aromatic N) is 1. The lowest BCUT2D eigenvalue weighted by Gasteiger charge is -2.19. The molecule has 0 fully saturated rings. The second-order valence-corrected chi connectivity index (χ2v) is 5.73. The molecule has 1 amide bonds. The van der Waals surface area contributed by atoms with Crippen molar-refractivity contribution in [3.63, 3.8) is 0 Å². The number of carbonyl (C=O) groups is 1. The molecule has 0 bridgehead atoms. The first-order valence-electron chi connectivity index (χ1n) is 8.33. The molecule has 2 aromatic carbocycles. The maximum Gasteiger partial charge on any atom is 0.407 e. The number of alkyl carbamates (subject to hydrolysis) is 1. The van der Waals surface area contributed by atoms with Crippen LogP contribution in [0.2, 0.25) is 0 Å². The maximum atomic E-state index is 11.8. The molecule has 0 radical (unpaired) electrons. The van der Waals surface area contributed by atoms with Crippen LogP contribution >= 0.6 is 0 Å². The number of amides is 1. The molecule has 0 spiro atoms. The number of nitrogens with one attached hydrogen (secondary N) is 1.